The van der Waals surface area contributed by atoms with Gasteiger partial charge in [0.1, 0.15) is 12.9 Å². The van der Waals surface area contributed by atoms with Crippen LogP contribution >= 0.6 is 11.8 Å². The van der Waals surface area contributed by atoms with Crippen molar-refractivity contribution < 1.29 is 4.79 Å². The van der Waals surface area contributed by atoms with E-state index in [2.05, 4.69) is 40.8 Å². The van der Waals surface area contributed by atoms with E-state index < -0.39 is 0 Å². The van der Waals surface area contributed by atoms with Crippen molar-refractivity contribution in [2.45, 2.75) is 38.3 Å². The Labute approximate surface area is 128 Å². The molecule has 1 aromatic carbocycles. The quantitative estimate of drug-likeness (QED) is 0.886. The number of hydrogen-bond acceptors (Lipinski definition) is 5. The number of carbonyl (C=O) groups is 1. The van der Waals surface area contributed by atoms with Crippen molar-refractivity contribution >= 4 is 23.4 Å². The zero-order valence-corrected chi connectivity index (χ0v) is 13.2. The first kappa shape index (κ1) is 15.5. The highest BCUT2D eigenvalue weighted by Gasteiger charge is 2.09. The van der Waals surface area contributed by atoms with Crippen molar-refractivity contribution in [2.24, 2.45) is 0 Å². The van der Waals surface area contributed by atoms with Gasteiger partial charge < -0.3 is 5.32 Å². The smallest absolute Gasteiger partial charge is 0.246 e. The Kier molecular flexibility index (Phi) is 5.32. The van der Waals surface area contributed by atoms with E-state index in [9.17, 15) is 4.79 Å². The minimum atomic E-state index is -0.140. The SMILES string of the molecule is Cc1c(CSC(C)C)cccc1NC(=O)Cn1cnnn1. The summed E-state index contributed by atoms with van der Waals surface area (Å²) in [5.74, 6) is 0.805. The first-order valence-electron chi connectivity index (χ1n) is 6.77. The number of hydrogen-bond donors (Lipinski definition) is 1. The maximum atomic E-state index is 12.0. The predicted octanol–water partition coefficient (Wildman–Crippen LogP) is 2.26. The van der Waals surface area contributed by atoms with Crippen LogP contribution in [0, 0.1) is 6.92 Å². The Morgan fingerprint density at radius 3 is 2.90 bits per heavy atom. The van der Waals surface area contributed by atoms with Gasteiger partial charge in [0, 0.05) is 11.4 Å². The van der Waals surface area contributed by atoms with E-state index in [0.29, 0.717) is 5.25 Å². The third-order valence-corrected chi connectivity index (χ3v) is 4.13. The summed E-state index contributed by atoms with van der Waals surface area (Å²) in [5, 5.41) is 14.2. The zero-order chi connectivity index (χ0) is 15.2. The van der Waals surface area contributed by atoms with Gasteiger partial charge in [0.05, 0.1) is 0 Å². The van der Waals surface area contributed by atoms with E-state index in [-0.39, 0.29) is 12.5 Å². The lowest BCUT2D eigenvalue weighted by Gasteiger charge is -2.13. The standard InChI is InChI=1S/C14H19N5OS/c1-10(2)21-8-12-5-4-6-13(11(12)3)16-14(20)7-19-9-15-17-18-19/h4-6,9-10H,7-8H2,1-3H3,(H,16,20). The summed E-state index contributed by atoms with van der Waals surface area (Å²) in [7, 11) is 0. The lowest BCUT2D eigenvalue weighted by atomic mass is 10.1. The van der Waals surface area contributed by atoms with Crippen molar-refractivity contribution in [3.63, 3.8) is 0 Å². The molecule has 0 radical (unpaired) electrons. The molecule has 2 aromatic rings. The van der Waals surface area contributed by atoms with Gasteiger partial charge in [-0.3, -0.25) is 4.79 Å². The summed E-state index contributed by atoms with van der Waals surface area (Å²) in [6.45, 7) is 6.50. The molecule has 1 heterocycles. The monoisotopic (exact) mass is 305 g/mol. The second-order valence-corrected chi connectivity index (χ2v) is 6.57. The zero-order valence-electron chi connectivity index (χ0n) is 12.4. The summed E-state index contributed by atoms with van der Waals surface area (Å²) in [5.41, 5.74) is 3.19. The normalized spacial score (nSPS) is 10.9. The van der Waals surface area contributed by atoms with E-state index in [1.54, 1.807) is 0 Å². The summed E-state index contributed by atoms with van der Waals surface area (Å²) in [4.78, 5) is 12.0. The average molecular weight is 305 g/mol. The van der Waals surface area contributed by atoms with Crippen LogP contribution in [-0.2, 0) is 17.1 Å². The molecule has 0 atom stereocenters. The fourth-order valence-electron chi connectivity index (χ4n) is 1.82. The van der Waals surface area contributed by atoms with E-state index in [1.165, 1.54) is 16.6 Å². The Balaban J connectivity index is 2.02. The number of nitrogens with zero attached hydrogens (tertiary/aromatic N) is 4. The molecule has 1 amide bonds. The molecule has 0 unspecified atom stereocenters. The fraction of sp³-hybridized carbons (Fsp3) is 0.429. The van der Waals surface area contributed by atoms with Crippen LogP contribution in [0.15, 0.2) is 24.5 Å². The van der Waals surface area contributed by atoms with Gasteiger partial charge in [0.15, 0.2) is 0 Å². The maximum Gasteiger partial charge on any atom is 0.246 e. The molecule has 2 rings (SSSR count). The lowest BCUT2D eigenvalue weighted by molar-refractivity contribution is -0.116. The van der Waals surface area contributed by atoms with E-state index >= 15 is 0 Å². The number of tetrazole rings is 1. The number of amides is 1. The van der Waals surface area contributed by atoms with Crippen LogP contribution in [0.4, 0.5) is 5.69 Å². The van der Waals surface area contributed by atoms with Gasteiger partial charge in [0.25, 0.3) is 0 Å². The fourth-order valence-corrected chi connectivity index (χ4v) is 2.65. The summed E-state index contributed by atoms with van der Waals surface area (Å²) < 4.78 is 1.39. The second kappa shape index (κ2) is 7.21. The van der Waals surface area contributed by atoms with Crippen LogP contribution < -0.4 is 5.32 Å². The average Bonchev–Trinajstić information content (AvgIpc) is 2.92. The van der Waals surface area contributed by atoms with Crippen molar-refractivity contribution in [1.29, 1.82) is 0 Å². The molecule has 0 fully saturated rings. The Morgan fingerprint density at radius 2 is 2.24 bits per heavy atom. The molecule has 0 bridgehead atoms. The molecule has 0 aliphatic carbocycles. The molecule has 7 heteroatoms. The molecule has 6 nitrogen and oxygen atoms in total. The number of carbonyl (C=O) groups excluding carboxylic acids is 1. The van der Waals surface area contributed by atoms with Crippen LogP contribution in [-0.4, -0.2) is 31.4 Å². The number of nitrogens with one attached hydrogen (secondary N) is 1. The maximum absolute atomic E-state index is 12.0. The second-order valence-electron chi connectivity index (χ2n) is 5.01. The first-order chi connectivity index (χ1) is 10.1. The molecule has 0 saturated heterocycles. The molecule has 0 aliphatic rings. The summed E-state index contributed by atoms with van der Waals surface area (Å²) in [6.07, 6.45) is 1.42. The molecular weight excluding hydrogens is 286 g/mol. The van der Waals surface area contributed by atoms with E-state index in [1.807, 2.05) is 30.8 Å². The number of aromatic nitrogens is 4. The minimum Gasteiger partial charge on any atom is -0.324 e. The highest BCUT2D eigenvalue weighted by atomic mass is 32.2. The first-order valence-corrected chi connectivity index (χ1v) is 7.82. The number of thioether (sulfide) groups is 1. The number of anilines is 1. The molecule has 1 aromatic heterocycles. The van der Waals surface area contributed by atoms with Crippen molar-refractivity contribution in [2.75, 3.05) is 5.32 Å². The largest absolute Gasteiger partial charge is 0.324 e. The van der Waals surface area contributed by atoms with Gasteiger partial charge in [-0.05, 0) is 39.8 Å². The molecule has 112 valence electrons. The highest BCUT2D eigenvalue weighted by molar-refractivity contribution is 7.99. The molecule has 1 N–H and O–H groups in total. The van der Waals surface area contributed by atoms with Crippen molar-refractivity contribution in [1.82, 2.24) is 20.2 Å². The van der Waals surface area contributed by atoms with Crippen molar-refractivity contribution in [3.05, 3.63) is 35.7 Å². The van der Waals surface area contributed by atoms with E-state index in [0.717, 1.165) is 17.0 Å². The Bertz CT molecular complexity index is 597. The van der Waals surface area contributed by atoms with Gasteiger partial charge in [-0.1, -0.05) is 26.0 Å². The van der Waals surface area contributed by atoms with Crippen molar-refractivity contribution in [3.8, 4) is 0 Å². The van der Waals surface area contributed by atoms with Crippen LogP contribution in [0.25, 0.3) is 0 Å². The molecule has 0 saturated carbocycles. The summed E-state index contributed by atoms with van der Waals surface area (Å²) >= 11 is 1.89. The lowest BCUT2D eigenvalue weighted by Crippen LogP contribution is -2.19. The molecule has 0 spiro atoms. The van der Waals surface area contributed by atoms with Gasteiger partial charge in [-0.25, -0.2) is 4.68 Å². The topological polar surface area (TPSA) is 72.7 Å². The van der Waals surface area contributed by atoms with Gasteiger partial charge >= 0.3 is 0 Å². The summed E-state index contributed by atoms with van der Waals surface area (Å²) in [6, 6.07) is 5.98. The van der Waals surface area contributed by atoms with Crippen LogP contribution in [0.5, 0.6) is 0 Å². The van der Waals surface area contributed by atoms with Gasteiger partial charge in [0.2, 0.25) is 5.91 Å². The van der Waals surface area contributed by atoms with Crippen LogP contribution in [0.3, 0.4) is 0 Å². The third kappa shape index (κ3) is 4.56. The molecule has 0 aliphatic heterocycles. The number of rotatable bonds is 6. The molecule has 21 heavy (non-hydrogen) atoms. The van der Waals surface area contributed by atoms with Gasteiger partial charge in [-0.15, -0.1) is 5.10 Å². The third-order valence-electron chi connectivity index (χ3n) is 2.99. The van der Waals surface area contributed by atoms with Gasteiger partial charge in [-0.2, -0.15) is 11.8 Å². The number of benzene rings is 1. The predicted molar refractivity (Wildman–Crippen MR) is 84.1 cm³/mol. The minimum absolute atomic E-state index is 0.109. The van der Waals surface area contributed by atoms with Crippen LogP contribution in [0.1, 0.15) is 25.0 Å². The highest BCUT2D eigenvalue weighted by Crippen LogP contribution is 2.24. The Hall–Kier alpha value is -1.89. The van der Waals surface area contributed by atoms with E-state index in [4.69, 9.17) is 0 Å². The van der Waals surface area contributed by atoms with Crippen LogP contribution in [0.2, 0.25) is 0 Å². The molecular formula is C14H19N5OS. The Morgan fingerprint density at radius 1 is 1.43 bits per heavy atom.